The molecule has 0 saturated heterocycles. The van der Waals surface area contributed by atoms with E-state index in [1.807, 2.05) is 0 Å². The number of hydrogen-bond donors (Lipinski definition) is 0. The van der Waals surface area contributed by atoms with Crippen molar-refractivity contribution in [3.8, 4) is 16.9 Å². The summed E-state index contributed by atoms with van der Waals surface area (Å²) in [6, 6.07) is 13.2. The first-order valence-electron chi connectivity index (χ1n) is 13.8. The third-order valence-electron chi connectivity index (χ3n) is 7.58. The zero-order valence-corrected chi connectivity index (χ0v) is 22.2. The molecular weight excluding hydrogens is 488 g/mol. The largest absolute Gasteiger partial charge is 0.490 e. The van der Waals surface area contributed by atoms with E-state index >= 15 is 4.39 Å². The van der Waals surface area contributed by atoms with Gasteiger partial charge in [0.1, 0.15) is 0 Å². The molecule has 38 heavy (non-hydrogen) atoms. The van der Waals surface area contributed by atoms with Crippen molar-refractivity contribution < 1.29 is 22.3 Å². The van der Waals surface area contributed by atoms with Gasteiger partial charge in [-0.25, -0.2) is 13.2 Å². The summed E-state index contributed by atoms with van der Waals surface area (Å²) >= 11 is 0. The lowest BCUT2D eigenvalue weighted by Gasteiger charge is -2.27. The van der Waals surface area contributed by atoms with Crippen LogP contribution in [0, 0.1) is 29.2 Å². The van der Waals surface area contributed by atoms with Gasteiger partial charge < -0.3 is 4.74 Å². The molecule has 0 aliphatic heterocycles. The maximum Gasteiger partial charge on any atom is 0.201 e. The summed E-state index contributed by atoms with van der Waals surface area (Å²) in [5.74, 6) is -2.92. The third kappa shape index (κ3) is 6.67. The Morgan fingerprint density at radius 3 is 2.18 bits per heavy atom. The van der Waals surface area contributed by atoms with Crippen molar-refractivity contribution in [3.05, 3.63) is 88.5 Å². The highest BCUT2D eigenvalue weighted by molar-refractivity contribution is 5.73. The summed E-state index contributed by atoms with van der Waals surface area (Å²) in [6.45, 7) is 4.66. The molecular formula is C33H36F4O. The molecule has 1 nitrogen and oxygen atoms in total. The van der Waals surface area contributed by atoms with Crippen molar-refractivity contribution >= 4 is 12.2 Å². The Balaban J connectivity index is 1.43. The van der Waals surface area contributed by atoms with E-state index in [2.05, 4.69) is 13.8 Å². The molecule has 1 aliphatic rings. The molecule has 0 spiro atoms. The first-order valence-corrected chi connectivity index (χ1v) is 13.8. The van der Waals surface area contributed by atoms with Gasteiger partial charge in [-0.3, -0.25) is 0 Å². The summed E-state index contributed by atoms with van der Waals surface area (Å²) in [7, 11) is 0. The van der Waals surface area contributed by atoms with Crippen molar-refractivity contribution in [1.29, 1.82) is 0 Å². The van der Waals surface area contributed by atoms with Crippen LogP contribution in [0.5, 0.6) is 5.75 Å². The molecule has 202 valence electrons. The molecule has 0 atom stereocenters. The summed E-state index contributed by atoms with van der Waals surface area (Å²) in [5, 5.41) is 0. The number of benzene rings is 3. The fourth-order valence-electron chi connectivity index (χ4n) is 5.13. The van der Waals surface area contributed by atoms with Crippen LogP contribution in [-0.2, 0) is 0 Å². The molecule has 0 radical (unpaired) electrons. The SMILES string of the molecule is CCCCCCOc1ccc(/C=C/c2ccc(-c3ccc(C4CCC(C)CC4)c(F)c3F)cc2)c(F)c1F. The van der Waals surface area contributed by atoms with Crippen LogP contribution in [-0.4, -0.2) is 6.61 Å². The Morgan fingerprint density at radius 1 is 0.737 bits per heavy atom. The molecule has 1 aliphatic carbocycles. The van der Waals surface area contributed by atoms with Gasteiger partial charge in [-0.1, -0.05) is 94.5 Å². The van der Waals surface area contributed by atoms with Crippen LogP contribution in [0.25, 0.3) is 23.3 Å². The fraction of sp³-hybridized carbons (Fsp3) is 0.394. The molecule has 1 fully saturated rings. The van der Waals surface area contributed by atoms with Crippen LogP contribution >= 0.6 is 0 Å². The molecule has 0 aromatic heterocycles. The quantitative estimate of drug-likeness (QED) is 0.146. The predicted molar refractivity (Wildman–Crippen MR) is 147 cm³/mol. The molecule has 3 aromatic carbocycles. The maximum atomic E-state index is 15.0. The van der Waals surface area contributed by atoms with E-state index in [0.717, 1.165) is 56.9 Å². The highest BCUT2D eigenvalue weighted by Crippen LogP contribution is 2.38. The van der Waals surface area contributed by atoms with Gasteiger partial charge in [-0.2, -0.15) is 4.39 Å². The molecule has 5 heteroatoms. The maximum absolute atomic E-state index is 15.0. The van der Waals surface area contributed by atoms with Gasteiger partial charge in [0, 0.05) is 11.1 Å². The van der Waals surface area contributed by atoms with Crippen molar-refractivity contribution in [2.24, 2.45) is 5.92 Å². The Morgan fingerprint density at radius 2 is 1.47 bits per heavy atom. The lowest BCUT2D eigenvalue weighted by atomic mass is 9.79. The smallest absolute Gasteiger partial charge is 0.201 e. The summed E-state index contributed by atoms with van der Waals surface area (Å²) in [5.41, 5.74) is 2.06. The number of hydrogen-bond acceptors (Lipinski definition) is 1. The highest BCUT2D eigenvalue weighted by atomic mass is 19.2. The van der Waals surface area contributed by atoms with E-state index in [0.29, 0.717) is 23.7 Å². The van der Waals surface area contributed by atoms with E-state index in [1.165, 1.54) is 18.2 Å². The first kappa shape index (κ1) is 27.9. The third-order valence-corrected chi connectivity index (χ3v) is 7.58. The van der Waals surface area contributed by atoms with Crippen LogP contribution in [0.4, 0.5) is 17.6 Å². The predicted octanol–water partition coefficient (Wildman–Crippen LogP) is 10.3. The molecule has 4 rings (SSSR count). The van der Waals surface area contributed by atoms with Crippen LogP contribution in [0.1, 0.15) is 87.8 Å². The topological polar surface area (TPSA) is 9.23 Å². The molecule has 0 N–H and O–H groups in total. The Labute approximate surface area is 223 Å². The second-order valence-corrected chi connectivity index (χ2v) is 10.4. The van der Waals surface area contributed by atoms with Crippen molar-refractivity contribution in [2.45, 2.75) is 71.1 Å². The number of rotatable bonds is 10. The Kier molecular flexibility index (Phi) is 9.65. The van der Waals surface area contributed by atoms with Gasteiger partial charge in [-0.15, -0.1) is 0 Å². The van der Waals surface area contributed by atoms with Gasteiger partial charge in [0.05, 0.1) is 6.61 Å². The van der Waals surface area contributed by atoms with Crippen LogP contribution in [0.15, 0.2) is 48.5 Å². The molecule has 0 bridgehead atoms. The lowest BCUT2D eigenvalue weighted by molar-refractivity contribution is 0.285. The van der Waals surface area contributed by atoms with Crippen LogP contribution in [0.2, 0.25) is 0 Å². The van der Waals surface area contributed by atoms with E-state index in [1.54, 1.807) is 42.5 Å². The number of unbranched alkanes of at least 4 members (excludes halogenated alkanes) is 3. The Hall–Kier alpha value is -3.08. The normalized spacial score (nSPS) is 17.7. The van der Waals surface area contributed by atoms with Gasteiger partial charge in [-0.05, 0) is 59.9 Å². The molecule has 3 aromatic rings. The van der Waals surface area contributed by atoms with Gasteiger partial charge in [0.15, 0.2) is 23.2 Å². The lowest BCUT2D eigenvalue weighted by Crippen LogP contribution is -2.13. The second kappa shape index (κ2) is 13.1. The standard InChI is InChI=1S/C33H36F4O/c1-3-4-5-6-21-38-29-20-17-26(30(34)33(29)37)16-11-23-9-14-25(15-10-23)28-19-18-27(31(35)32(28)36)24-12-7-22(2)8-13-24/h9-11,14-20,22,24H,3-8,12-13,21H2,1-2H3/b16-11+. The summed E-state index contributed by atoms with van der Waals surface area (Å²) in [4.78, 5) is 0. The zero-order chi connectivity index (χ0) is 27.1. The van der Waals surface area contributed by atoms with Gasteiger partial charge in [0.2, 0.25) is 5.82 Å². The van der Waals surface area contributed by atoms with Crippen molar-refractivity contribution in [3.63, 3.8) is 0 Å². The zero-order valence-electron chi connectivity index (χ0n) is 22.2. The van der Waals surface area contributed by atoms with E-state index in [4.69, 9.17) is 4.74 Å². The molecule has 0 heterocycles. The van der Waals surface area contributed by atoms with Gasteiger partial charge >= 0.3 is 0 Å². The summed E-state index contributed by atoms with van der Waals surface area (Å²) < 4.78 is 64.4. The minimum atomic E-state index is -0.998. The summed E-state index contributed by atoms with van der Waals surface area (Å²) in [6.07, 6.45) is 11.0. The average molecular weight is 525 g/mol. The van der Waals surface area contributed by atoms with Crippen molar-refractivity contribution in [2.75, 3.05) is 6.61 Å². The second-order valence-electron chi connectivity index (χ2n) is 10.4. The van der Waals surface area contributed by atoms with Crippen molar-refractivity contribution in [1.82, 2.24) is 0 Å². The van der Waals surface area contributed by atoms with E-state index in [9.17, 15) is 13.2 Å². The number of halogens is 4. The number of ether oxygens (including phenoxy) is 1. The molecule has 1 saturated carbocycles. The van der Waals surface area contributed by atoms with Gasteiger partial charge in [0.25, 0.3) is 0 Å². The molecule has 0 amide bonds. The van der Waals surface area contributed by atoms with E-state index in [-0.39, 0.29) is 22.8 Å². The molecule has 0 unspecified atom stereocenters. The Bertz CT molecular complexity index is 1240. The van der Waals surface area contributed by atoms with Crippen LogP contribution < -0.4 is 4.74 Å². The average Bonchev–Trinajstić information content (AvgIpc) is 2.93. The highest BCUT2D eigenvalue weighted by Gasteiger charge is 2.25. The monoisotopic (exact) mass is 524 g/mol. The minimum absolute atomic E-state index is 0.0684. The fourth-order valence-corrected chi connectivity index (χ4v) is 5.13. The first-order chi connectivity index (χ1) is 18.4. The van der Waals surface area contributed by atoms with Crippen LogP contribution in [0.3, 0.4) is 0 Å². The van der Waals surface area contributed by atoms with E-state index < -0.39 is 23.3 Å². The minimum Gasteiger partial charge on any atom is -0.490 e.